The monoisotopic (exact) mass is 479 g/mol. The highest BCUT2D eigenvalue weighted by Crippen LogP contribution is 2.29. The van der Waals surface area contributed by atoms with Gasteiger partial charge >= 0.3 is 0 Å². The Balaban J connectivity index is 1.65. The minimum Gasteiger partial charge on any atom is -0.351 e. The maximum Gasteiger partial charge on any atom is 0.261 e. The summed E-state index contributed by atoms with van der Waals surface area (Å²) in [6.45, 7) is -0.292. The summed E-state index contributed by atoms with van der Waals surface area (Å²) in [5, 5.41) is 7.51. The smallest absolute Gasteiger partial charge is 0.261 e. The van der Waals surface area contributed by atoms with Gasteiger partial charge in [0.1, 0.15) is 11.9 Å². The molecule has 0 aliphatic heterocycles. The molecule has 1 saturated carbocycles. The third-order valence-corrected chi connectivity index (χ3v) is 6.71. The molecule has 3 amide bonds. The number of rotatable bonds is 8. The Bertz CT molecular complexity index is 1110. The van der Waals surface area contributed by atoms with Crippen LogP contribution in [0.5, 0.6) is 0 Å². The molecule has 1 aliphatic carbocycles. The maximum atomic E-state index is 13.7. The SMILES string of the molecule is O=C(NCC(=O)N(c1ccccc1)C(C(=O)NC1CCCC1)c1ccc(F)cc1)c1cccs1. The molecule has 0 spiro atoms. The first-order valence-electron chi connectivity index (χ1n) is 11.3. The summed E-state index contributed by atoms with van der Waals surface area (Å²) in [5.74, 6) is -1.57. The zero-order chi connectivity index (χ0) is 23.9. The Hall–Kier alpha value is -3.52. The number of thiophene rings is 1. The van der Waals surface area contributed by atoms with Gasteiger partial charge in [0, 0.05) is 11.7 Å². The van der Waals surface area contributed by atoms with E-state index in [-0.39, 0.29) is 24.4 Å². The van der Waals surface area contributed by atoms with Gasteiger partial charge in [-0.15, -0.1) is 11.3 Å². The molecule has 1 heterocycles. The molecule has 1 aromatic heterocycles. The number of nitrogens with zero attached hydrogens (tertiary/aromatic N) is 1. The van der Waals surface area contributed by atoms with Crippen molar-refractivity contribution in [2.24, 2.45) is 0 Å². The van der Waals surface area contributed by atoms with Crippen LogP contribution >= 0.6 is 11.3 Å². The van der Waals surface area contributed by atoms with Crippen LogP contribution in [0.1, 0.15) is 47.0 Å². The van der Waals surface area contributed by atoms with E-state index in [1.54, 1.807) is 41.8 Å². The summed E-state index contributed by atoms with van der Waals surface area (Å²) in [5.41, 5.74) is 0.993. The third kappa shape index (κ3) is 5.69. The molecule has 3 aromatic rings. The number of halogens is 1. The van der Waals surface area contributed by atoms with Crippen molar-refractivity contribution in [3.63, 3.8) is 0 Å². The largest absolute Gasteiger partial charge is 0.351 e. The van der Waals surface area contributed by atoms with E-state index >= 15 is 0 Å². The van der Waals surface area contributed by atoms with Crippen LogP contribution in [-0.4, -0.2) is 30.3 Å². The molecule has 4 rings (SSSR count). The van der Waals surface area contributed by atoms with E-state index in [0.717, 1.165) is 25.7 Å². The van der Waals surface area contributed by atoms with Crippen LogP contribution in [-0.2, 0) is 9.59 Å². The molecule has 1 fully saturated rings. The van der Waals surface area contributed by atoms with Gasteiger partial charge in [0.25, 0.3) is 5.91 Å². The molecule has 1 aliphatic rings. The Morgan fingerprint density at radius 2 is 1.68 bits per heavy atom. The lowest BCUT2D eigenvalue weighted by Crippen LogP contribution is -2.49. The highest BCUT2D eigenvalue weighted by atomic mass is 32.1. The fraction of sp³-hybridized carbons (Fsp3) is 0.269. The van der Waals surface area contributed by atoms with E-state index in [1.807, 2.05) is 6.07 Å². The minimum absolute atomic E-state index is 0.0432. The number of carbonyl (C=O) groups excluding carboxylic acids is 3. The van der Waals surface area contributed by atoms with Gasteiger partial charge in [-0.3, -0.25) is 19.3 Å². The first kappa shape index (κ1) is 23.6. The summed E-state index contributed by atoms with van der Waals surface area (Å²) in [4.78, 5) is 41.3. The molecule has 1 unspecified atom stereocenters. The van der Waals surface area contributed by atoms with Crippen molar-refractivity contribution >= 4 is 34.7 Å². The summed E-state index contributed by atoms with van der Waals surface area (Å²) in [6, 6.07) is 16.9. The summed E-state index contributed by atoms with van der Waals surface area (Å²) in [7, 11) is 0. The van der Waals surface area contributed by atoms with Crippen molar-refractivity contribution in [2.45, 2.75) is 37.8 Å². The zero-order valence-electron chi connectivity index (χ0n) is 18.6. The van der Waals surface area contributed by atoms with Crippen molar-refractivity contribution in [2.75, 3.05) is 11.4 Å². The minimum atomic E-state index is -1.02. The van der Waals surface area contributed by atoms with Crippen LogP contribution in [0.3, 0.4) is 0 Å². The molecule has 0 saturated heterocycles. The van der Waals surface area contributed by atoms with E-state index in [2.05, 4.69) is 10.6 Å². The Morgan fingerprint density at radius 3 is 2.32 bits per heavy atom. The zero-order valence-corrected chi connectivity index (χ0v) is 19.4. The Morgan fingerprint density at radius 1 is 0.971 bits per heavy atom. The fourth-order valence-corrected chi connectivity index (χ4v) is 4.81. The van der Waals surface area contributed by atoms with Crippen LogP contribution in [0.15, 0.2) is 72.1 Å². The molecule has 2 N–H and O–H groups in total. The lowest BCUT2D eigenvalue weighted by Gasteiger charge is -2.32. The quantitative estimate of drug-likeness (QED) is 0.501. The van der Waals surface area contributed by atoms with Crippen LogP contribution in [0.25, 0.3) is 0 Å². The number of nitrogens with one attached hydrogen (secondary N) is 2. The van der Waals surface area contributed by atoms with Gasteiger partial charge in [-0.1, -0.05) is 49.2 Å². The van der Waals surface area contributed by atoms with E-state index in [4.69, 9.17) is 0 Å². The van der Waals surface area contributed by atoms with Crippen LogP contribution < -0.4 is 15.5 Å². The molecule has 6 nitrogen and oxygen atoms in total. The Kier molecular flexibility index (Phi) is 7.69. The van der Waals surface area contributed by atoms with Gasteiger partial charge in [0.05, 0.1) is 11.4 Å². The van der Waals surface area contributed by atoms with Gasteiger partial charge in [-0.05, 0) is 54.1 Å². The molecule has 8 heteroatoms. The summed E-state index contributed by atoms with van der Waals surface area (Å²) < 4.78 is 13.7. The highest BCUT2D eigenvalue weighted by molar-refractivity contribution is 7.12. The lowest BCUT2D eigenvalue weighted by atomic mass is 10.0. The van der Waals surface area contributed by atoms with Crippen molar-refractivity contribution in [1.29, 1.82) is 0 Å². The second kappa shape index (κ2) is 11.1. The summed E-state index contributed by atoms with van der Waals surface area (Å²) >= 11 is 1.28. The predicted octanol–water partition coefficient (Wildman–Crippen LogP) is 4.45. The first-order valence-corrected chi connectivity index (χ1v) is 12.2. The molecule has 176 valence electrons. The second-order valence-electron chi connectivity index (χ2n) is 8.20. The van der Waals surface area contributed by atoms with Gasteiger partial charge in [0.2, 0.25) is 11.8 Å². The van der Waals surface area contributed by atoms with E-state index in [9.17, 15) is 18.8 Å². The number of anilines is 1. The fourth-order valence-electron chi connectivity index (χ4n) is 4.17. The first-order chi connectivity index (χ1) is 16.5. The second-order valence-corrected chi connectivity index (χ2v) is 9.15. The van der Waals surface area contributed by atoms with Crippen molar-refractivity contribution in [1.82, 2.24) is 10.6 Å². The van der Waals surface area contributed by atoms with Gasteiger partial charge in [-0.25, -0.2) is 4.39 Å². The average Bonchev–Trinajstić information content (AvgIpc) is 3.57. The molecule has 1 atom stereocenters. The number of carbonyl (C=O) groups is 3. The van der Waals surface area contributed by atoms with E-state index in [1.165, 1.54) is 40.5 Å². The molecule has 2 aromatic carbocycles. The van der Waals surface area contributed by atoms with Crippen molar-refractivity contribution in [3.05, 3.63) is 88.4 Å². The van der Waals surface area contributed by atoms with E-state index in [0.29, 0.717) is 16.1 Å². The molecular formula is C26H26FN3O3S. The number of hydrogen-bond acceptors (Lipinski definition) is 4. The molecule has 0 radical (unpaired) electrons. The normalized spacial score (nSPS) is 14.4. The molecule has 34 heavy (non-hydrogen) atoms. The van der Waals surface area contributed by atoms with Crippen molar-refractivity contribution in [3.8, 4) is 0 Å². The topological polar surface area (TPSA) is 78.5 Å². The van der Waals surface area contributed by atoms with Gasteiger partial charge in [-0.2, -0.15) is 0 Å². The third-order valence-electron chi connectivity index (χ3n) is 5.84. The number of amides is 3. The van der Waals surface area contributed by atoms with Gasteiger partial charge in [0.15, 0.2) is 0 Å². The predicted molar refractivity (Wildman–Crippen MR) is 130 cm³/mol. The van der Waals surface area contributed by atoms with Crippen LogP contribution in [0.2, 0.25) is 0 Å². The molecular weight excluding hydrogens is 453 g/mol. The number of para-hydroxylation sites is 1. The lowest BCUT2D eigenvalue weighted by molar-refractivity contribution is -0.126. The summed E-state index contributed by atoms with van der Waals surface area (Å²) in [6.07, 6.45) is 3.86. The maximum absolute atomic E-state index is 13.7. The number of benzene rings is 2. The number of hydrogen-bond donors (Lipinski definition) is 2. The van der Waals surface area contributed by atoms with Crippen molar-refractivity contribution < 1.29 is 18.8 Å². The standard InChI is InChI=1S/C26H26FN3O3S/c27-19-14-12-18(13-15-19)24(26(33)29-20-7-4-5-8-20)30(21-9-2-1-3-10-21)23(31)17-28-25(32)22-11-6-16-34-22/h1-3,6,9-16,20,24H,4-5,7-8,17H2,(H,28,32)(H,29,33). The van der Waals surface area contributed by atoms with Crippen LogP contribution in [0, 0.1) is 5.82 Å². The van der Waals surface area contributed by atoms with E-state index < -0.39 is 17.8 Å². The van der Waals surface area contributed by atoms with Gasteiger partial charge < -0.3 is 10.6 Å². The Labute approximate surface area is 201 Å². The van der Waals surface area contributed by atoms with Crippen LogP contribution in [0.4, 0.5) is 10.1 Å². The average molecular weight is 480 g/mol. The molecule has 0 bridgehead atoms. The highest BCUT2D eigenvalue weighted by Gasteiger charge is 2.34.